The van der Waals surface area contributed by atoms with E-state index in [9.17, 15) is 24.6 Å². The minimum atomic E-state index is -1.93. The summed E-state index contributed by atoms with van der Waals surface area (Å²) < 4.78 is 93.1. The lowest BCUT2D eigenvalue weighted by Gasteiger charge is -2.45. The first-order valence-corrected chi connectivity index (χ1v) is 33.7. The van der Waals surface area contributed by atoms with Gasteiger partial charge in [-0.3, -0.25) is 0 Å². The van der Waals surface area contributed by atoms with Crippen LogP contribution in [0.15, 0.2) is 259 Å². The first-order chi connectivity index (χ1) is 50.1. The van der Waals surface area contributed by atoms with E-state index < -0.39 is 117 Å². The number of carbonyl (C=O) groups excluding carboxylic acids is 4. The summed E-state index contributed by atoms with van der Waals surface area (Å²) in [5.41, 5.74) is 12.1. The standard InChI is InChI=1S/C79H79N3O20/c80-82-81-45-26-9-27-46-89-76(88)70(93-50-55-32-14-3-15-33-55)66(61-44-47-90-77(97-61)60-42-24-8-25-43-60)100-79-71(99-75(87)59-40-22-7-23-41-59)69(67(101-79)63(96-74(86)58-38-20-6-21-39-58)52-95-73(85)57-36-18-5-19-37-57)102-78-68(92-49-54-30-12-2-13-31-54)64(83)65(91-48-53-28-10-1-11-29-53)62(98-78)51-94-72(84)56-34-16-4-17-35-56/h1-8,10-25,28-43,61-65,67-69,71,76-79,83,88H,9,26-27,44-52H2/b70-66+/t61?,62?,63-,64?,65?,67?,68?,69?,71?,76?,77?,78?,79?/m1/s1. The van der Waals surface area contributed by atoms with E-state index in [2.05, 4.69) is 10.0 Å². The Morgan fingerprint density at radius 1 is 0.520 bits per heavy atom. The van der Waals surface area contributed by atoms with E-state index in [0.29, 0.717) is 36.0 Å². The molecule has 0 amide bonds. The molecule has 3 saturated heterocycles. The fraction of sp³-hybridized carbons (Fsp3) is 0.316. The maximum Gasteiger partial charge on any atom is 0.338 e. The number of unbranched alkanes of at least 4 members (excludes halogenated alkanes) is 2. The summed E-state index contributed by atoms with van der Waals surface area (Å²) in [5, 5.41) is 29.3. The van der Waals surface area contributed by atoms with Crippen molar-refractivity contribution in [2.45, 2.75) is 126 Å². The highest BCUT2D eigenvalue weighted by atomic mass is 16.8. The molecule has 0 bridgehead atoms. The zero-order chi connectivity index (χ0) is 70.7. The number of carbonyl (C=O) groups is 4. The number of ether oxygens (including phenoxy) is 14. The molecule has 3 heterocycles. The summed E-state index contributed by atoms with van der Waals surface area (Å²) >= 11 is 0. The average molecular weight is 1390 g/mol. The van der Waals surface area contributed by atoms with E-state index in [1.807, 2.05) is 121 Å². The lowest BCUT2D eigenvalue weighted by molar-refractivity contribution is -0.334. The normalized spacial score (nSPS) is 22.5. The first kappa shape index (κ1) is 73.1. The molecule has 23 heteroatoms. The Morgan fingerprint density at radius 2 is 1.03 bits per heavy atom. The van der Waals surface area contributed by atoms with Crippen LogP contribution in [0, 0.1) is 0 Å². The number of esters is 4. The van der Waals surface area contributed by atoms with Crippen LogP contribution in [0.1, 0.15) is 95.7 Å². The van der Waals surface area contributed by atoms with E-state index >= 15 is 4.79 Å². The van der Waals surface area contributed by atoms with Gasteiger partial charge in [0.25, 0.3) is 0 Å². The lowest BCUT2D eigenvalue weighted by Crippen LogP contribution is -2.62. The Labute approximate surface area is 589 Å². The van der Waals surface area contributed by atoms with E-state index in [0.717, 1.165) is 5.56 Å². The van der Waals surface area contributed by atoms with Gasteiger partial charge in [-0.25, -0.2) is 19.2 Å². The largest absolute Gasteiger partial charge is 0.484 e. The SMILES string of the molecule is [N-]=[N+]=NCCCCCOC(O)/C(OCc1ccccc1)=C(\OC1OC([C@@H](COC(=O)c2ccccc2)OC(=O)c2ccccc2)C(OC2OC(COC(=O)c3ccccc3)C(OCc3ccccc3)C(O)C2OCc2ccccc2)C1OC(=O)c1ccccc1)C1CCOC(c2ccccc2)O1. The summed E-state index contributed by atoms with van der Waals surface area (Å²) in [4.78, 5) is 60.9. The zero-order valence-corrected chi connectivity index (χ0v) is 55.7. The second-order valence-electron chi connectivity index (χ2n) is 24.0. The van der Waals surface area contributed by atoms with Crippen molar-refractivity contribution in [3.8, 4) is 0 Å². The van der Waals surface area contributed by atoms with Crippen molar-refractivity contribution < 1.29 is 95.7 Å². The second-order valence-corrected chi connectivity index (χ2v) is 24.0. The Morgan fingerprint density at radius 3 is 1.60 bits per heavy atom. The highest BCUT2D eigenvalue weighted by Crippen LogP contribution is 2.41. The van der Waals surface area contributed by atoms with E-state index in [1.54, 1.807) is 84.9 Å². The molecule has 0 radical (unpaired) electrons. The number of nitrogens with zero attached hydrogens (tertiary/aromatic N) is 3. The van der Waals surface area contributed by atoms with Crippen LogP contribution < -0.4 is 0 Å². The van der Waals surface area contributed by atoms with Crippen LogP contribution in [0.5, 0.6) is 0 Å². The Balaban J connectivity index is 1.07. The van der Waals surface area contributed by atoms with Gasteiger partial charge in [-0.2, -0.15) is 0 Å². The highest BCUT2D eigenvalue weighted by molar-refractivity contribution is 5.91. The molecule has 8 aromatic rings. The van der Waals surface area contributed by atoms with Gasteiger partial charge < -0.3 is 76.5 Å². The quantitative estimate of drug-likeness (QED) is 0.00554. The van der Waals surface area contributed by atoms with Crippen molar-refractivity contribution in [1.82, 2.24) is 0 Å². The average Bonchev–Trinajstić information content (AvgIpc) is 1.54. The van der Waals surface area contributed by atoms with Gasteiger partial charge in [0, 0.05) is 23.4 Å². The van der Waals surface area contributed by atoms with Gasteiger partial charge in [-0.05, 0) is 83.6 Å². The Hall–Kier alpha value is -10.1. The van der Waals surface area contributed by atoms with Crippen molar-refractivity contribution in [1.29, 1.82) is 0 Å². The third-order valence-electron chi connectivity index (χ3n) is 16.8. The van der Waals surface area contributed by atoms with Crippen LogP contribution in [0.25, 0.3) is 10.4 Å². The van der Waals surface area contributed by atoms with Gasteiger partial charge in [-0.1, -0.05) is 206 Å². The molecule has 8 aromatic carbocycles. The molecule has 102 heavy (non-hydrogen) atoms. The smallest absolute Gasteiger partial charge is 0.338 e. The fourth-order valence-electron chi connectivity index (χ4n) is 11.6. The van der Waals surface area contributed by atoms with Gasteiger partial charge in [-0.15, -0.1) is 0 Å². The van der Waals surface area contributed by atoms with Crippen LogP contribution in [0.2, 0.25) is 0 Å². The summed E-state index contributed by atoms with van der Waals surface area (Å²) in [5.74, 6) is -3.92. The Kier molecular flexibility index (Phi) is 27.3. The number of rotatable bonds is 34. The van der Waals surface area contributed by atoms with Gasteiger partial charge in [0.2, 0.25) is 12.6 Å². The maximum atomic E-state index is 15.2. The minimum Gasteiger partial charge on any atom is -0.484 e. The molecule has 12 unspecified atom stereocenters. The highest BCUT2D eigenvalue weighted by Gasteiger charge is 2.58. The maximum absolute atomic E-state index is 15.2. The van der Waals surface area contributed by atoms with Crippen molar-refractivity contribution in [2.24, 2.45) is 5.11 Å². The van der Waals surface area contributed by atoms with Gasteiger partial charge >= 0.3 is 23.9 Å². The molecular formula is C79H79N3O20. The summed E-state index contributed by atoms with van der Waals surface area (Å²) in [7, 11) is 0. The Bertz CT molecular complexity index is 3960. The van der Waals surface area contributed by atoms with E-state index in [4.69, 9.17) is 71.8 Å². The molecule has 13 atom stereocenters. The molecule has 0 aromatic heterocycles. The van der Waals surface area contributed by atoms with Crippen LogP contribution in [0.3, 0.4) is 0 Å². The monoisotopic (exact) mass is 1390 g/mol. The van der Waals surface area contributed by atoms with Crippen LogP contribution in [-0.4, -0.2) is 141 Å². The minimum absolute atomic E-state index is 0.0269. The first-order valence-electron chi connectivity index (χ1n) is 33.7. The number of aliphatic hydroxyl groups excluding tert-OH is 2. The van der Waals surface area contributed by atoms with E-state index in [-0.39, 0.29) is 79.8 Å². The van der Waals surface area contributed by atoms with Crippen molar-refractivity contribution >= 4 is 23.9 Å². The van der Waals surface area contributed by atoms with Crippen LogP contribution in [0.4, 0.5) is 0 Å². The number of aliphatic hydroxyl groups is 2. The summed E-state index contributed by atoms with van der Waals surface area (Å²) in [6.45, 7) is -1.35. The predicted molar refractivity (Wildman–Crippen MR) is 367 cm³/mol. The molecule has 3 aliphatic heterocycles. The molecule has 0 saturated carbocycles. The molecule has 0 spiro atoms. The van der Waals surface area contributed by atoms with Crippen LogP contribution >= 0.6 is 0 Å². The molecule has 2 N–H and O–H groups in total. The van der Waals surface area contributed by atoms with Crippen molar-refractivity contribution in [2.75, 3.05) is 33.0 Å². The molecule has 0 aliphatic carbocycles. The summed E-state index contributed by atoms with van der Waals surface area (Å²) in [6.07, 6.45) is -19.3. The van der Waals surface area contributed by atoms with Gasteiger partial charge in [0.15, 0.2) is 36.3 Å². The van der Waals surface area contributed by atoms with E-state index in [1.165, 1.54) is 36.4 Å². The number of azide groups is 1. The third-order valence-corrected chi connectivity index (χ3v) is 16.8. The number of hydrogen-bond donors (Lipinski definition) is 2. The van der Waals surface area contributed by atoms with Crippen molar-refractivity contribution in [3.63, 3.8) is 0 Å². The molecule has 530 valence electrons. The van der Waals surface area contributed by atoms with Gasteiger partial charge in [0.05, 0.1) is 48.7 Å². The number of benzene rings is 8. The molecule has 11 rings (SSSR count). The second kappa shape index (κ2) is 38.1. The zero-order valence-electron chi connectivity index (χ0n) is 55.7. The molecular weight excluding hydrogens is 1310 g/mol. The van der Waals surface area contributed by atoms with Gasteiger partial charge in [0.1, 0.15) is 62.5 Å². The van der Waals surface area contributed by atoms with Crippen LogP contribution in [-0.2, 0) is 86.1 Å². The number of hydrogen-bond acceptors (Lipinski definition) is 21. The van der Waals surface area contributed by atoms with Crippen molar-refractivity contribution in [3.05, 3.63) is 309 Å². The predicted octanol–water partition coefficient (Wildman–Crippen LogP) is 12.3. The topological polar surface area (TPSA) is 287 Å². The molecule has 3 aliphatic rings. The molecule has 3 fully saturated rings. The summed E-state index contributed by atoms with van der Waals surface area (Å²) in [6, 6.07) is 68.8. The third kappa shape index (κ3) is 20.6. The molecule has 23 nitrogen and oxygen atoms in total. The fourth-order valence-corrected chi connectivity index (χ4v) is 11.6. The lowest BCUT2D eigenvalue weighted by atomic mass is 9.97.